The minimum absolute atomic E-state index is 0.404. The average Bonchev–Trinajstić information content (AvgIpc) is 2.56. The molecule has 132 valence electrons. The first-order chi connectivity index (χ1) is 11.8. The molecule has 0 aliphatic rings. The molecule has 0 aliphatic heterocycles. The summed E-state index contributed by atoms with van der Waals surface area (Å²) in [5.41, 5.74) is 0.255. The number of benzene rings is 1. The number of aromatic nitrogens is 1. The number of hydrogen-bond donors (Lipinski definition) is 3. The maximum absolute atomic E-state index is 12.1. The molecule has 1 aromatic heterocycles. The molecular formula is C18H21N3O4. The molecule has 0 unspecified atom stereocenters. The molecule has 7 heteroatoms. The number of nitrogens with zero attached hydrogens (tertiary/aromatic N) is 1. The smallest absolute Gasteiger partial charge is 0.405 e. The van der Waals surface area contributed by atoms with Crippen LogP contribution < -0.4 is 15.4 Å². The summed E-state index contributed by atoms with van der Waals surface area (Å²) in [6.07, 6.45) is 1.03. The van der Waals surface area contributed by atoms with Gasteiger partial charge in [0.15, 0.2) is 0 Å². The number of anilines is 1. The van der Waals surface area contributed by atoms with Crippen molar-refractivity contribution < 1.29 is 19.4 Å². The molecule has 0 spiro atoms. The third kappa shape index (κ3) is 4.94. The van der Waals surface area contributed by atoms with Gasteiger partial charge in [0.1, 0.15) is 11.3 Å². The minimum Gasteiger partial charge on any atom is -0.465 e. The van der Waals surface area contributed by atoms with Gasteiger partial charge in [-0.25, -0.2) is 9.78 Å². The number of carboxylic acid groups (broad SMARTS) is 1. The summed E-state index contributed by atoms with van der Waals surface area (Å²) in [7, 11) is 0. The highest BCUT2D eigenvalue weighted by Gasteiger charge is 2.29. The second-order valence-electron chi connectivity index (χ2n) is 5.96. The number of amides is 2. The lowest BCUT2D eigenvalue weighted by Crippen LogP contribution is -2.51. The fourth-order valence-electron chi connectivity index (χ4n) is 2.13. The standard InChI is InChI=1S/C18H21N3O4/c1-4-12-7-5-6-8-14(12)25-15-10-9-13(11-19-15)20-16(22)18(2,3)21-17(23)24/h5-11,21H,4H2,1-3H3,(H,20,22)(H,23,24). The van der Waals surface area contributed by atoms with E-state index in [-0.39, 0.29) is 0 Å². The van der Waals surface area contributed by atoms with Crippen LogP contribution in [0.2, 0.25) is 0 Å². The second kappa shape index (κ2) is 7.65. The maximum atomic E-state index is 12.1. The lowest BCUT2D eigenvalue weighted by molar-refractivity contribution is -0.121. The molecule has 7 nitrogen and oxygen atoms in total. The predicted molar refractivity (Wildman–Crippen MR) is 94.0 cm³/mol. The van der Waals surface area contributed by atoms with Gasteiger partial charge in [-0.15, -0.1) is 0 Å². The molecule has 0 radical (unpaired) electrons. The molecule has 0 atom stereocenters. The van der Waals surface area contributed by atoms with Gasteiger partial charge >= 0.3 is 6.09 Å². The van der Waals surface area contributed by atoms with Gasteiger partial charge in [0.05, 0.1) is 11.9 Å². The van der Waals surface area contributed by atoms with E-state index in [0.717, 1.165) is 17.7 Å². The van der Waals surface area contributed by atoms with Crippen molar-refractivity contribution in [1.29, 1.82) is 0 Å². The highest BCUT2D eigenvalue weighted by atomic mass is 16.5. The Morgan fingerprint density at radius 2 is 1.92 bits per heavy atom. The Kier molecular flexibility index (Phi) is 5.59. The molecule has 3 N–H and O–H groups in total. The predicted octanol–water partition coefficient (Wildman–Crippen LogP) is 3.42. The van der Waals surface area contributed by atoms with Gasteiger partial charge < -0.3 is 20.5 Å². The summed E-state index contributed by atoms with van der Waals surface area (Å²) in [4.78, 5) is 27.0. The zero-order chi connectivity index (χ0) is 18.4. The van der Waals surface area contributed by atoms with E-state index in [2.05, 4.69) is 15.6 Å². The number of pyridine rings is 1. The topological polar surface area (TPSA) is 101 Å². The Hall–Kier alpha value is -3.09. The first-order valence-electron chi connectivity index (χ1n) is 7.86. The Balaban J connectivity index is 2.05. The van der Waals surface area contributed by atoms with E-state index in [0.29, 0.717) is 11.6 Å². The highest BCUT2D eigenvalue weighted by molar-refractivity contribution is 5.99. The van der Waals surface area contributed by atoms with Gasteiger partial charge in [-0.1, -0.05) is 25.1 Å². The molecule has 0 aliphatic carbocycles. The summed E-state index contributed by atoms with van der Waals surface area (Å²) in [5, 5.41) is 13.5. The van der Waals surface area contributed by atoms with E-state index in [1.54, 1.807) is 12.1 Å². The third-order valence-corrected chi connectivity index (χ3v) is 3.55. The quantitative estimate of drug-likeness (QED) is 0.746. The maximum Gasteiger partial charge on any atom is 0.405 e. The number of carbonyl (C=O) groups excluding carboxylic acids is 1. The number of carbonyl (C=O) groups is 2. The van der Waals surface area contributed by atoms with Crippen LogP contribution in [-0.2, 0) is 11.2 Å². The molecule has 2 amide bonds. The Labute approximate surface area is 146 Å². The Morgan fingerprint density at radius 1 is 1.20 bits per heavy atom. The summed E-state index contributed by atoms with van der Waals surface area (Å²) in [5.74, 6) is 0.657. The lowest BCUT2D eigenvalue weighted by Gasteiger charge is -2.23. The number of aryl methyl sites for hydroxylation is 1. The van der Waals surface area contributed by atoms with Gasteiger partial charge in [0.2, 0.25) is 11.8 Å². The van der Waals surface area contributed by atoms with Crippen molar-refractivity contribution in [3.8, 4) is 11.6 Å². The minimum atomic E-state index is -1.27. The van der Waals surface area contributed by atoms with Crippen molar-refractivity contribution in [2.75, 3.05) is 5.32 Å². The molecule has 0 saturated heterocycles. The number of ether oxygens (including phenoxy) is 1. The van der Waals surface area contributed by atoms with Crippen molar-refractivity contribution in [1.82, 2.24) is 10.3 Å². The molecular weight excluding hydrogens is 322 g/mol. The van der Waals surface area contributed by atoms with Crippen LogP contribution in [0, 0.1) is 0 Å². The molecule has 2 rings (SSSR count). The monoisotopic (exact) mass is 343 g/mol. The fourth-order valence-corrected chi connectivity index (χ4v) is 2.13. The van der Waals surface area contributed by atoms with Crippen molar-refractivity contribution in [2.24, 2.45) is 0 Å². The zero-order valence-corrected chi connectivity index (χ0v) is 14.4. The summed E-state index contributed by atoms with van der Waals surface area (Å²) in [6, 6.07) is 11.0. The number of rotatable bonds is 6. The normalized spacial score (nSPS) is 10.8. The first-order valence-corrected chi connectivity index (χ1v) is 7.86. The first kappa shape index (κ1) is 18.3. The fraction of sp³-hybridized carbons (Fsp3) is 0.278. The van der Waals surface area contributed by atoms with Crippen LogP contribution in [0.1, 0.15) is 26.3 Å². The molecule has 2 aromatic rings. The van der Waals surface area contributed by atoms with Crippen molar-refractivity contribution in [2.45, 2.75) is 32.7 Å². The van der Waals surface area contributed by atoms with E-state index in [4.69, 9.17) is 9.84 Å². The summed E-state index contributed by atoms with van der Waals surface area (Å²) < 4.78 is 5.77. The molecule has 1 aromatic carbocycles. The van der Waals surface area contributed by atoms with E-state index in [1.165, 1.54) is 20.0 Å². The van der Waals surface area contributed by atoms with Crippen LogP contribution in [0.15, 0.2) is 42.6 Å². The zero-order valence-electron chi connectivity index (χ0n) is 14.4. The average molecular weight is 343 g/mol. The molecule has 25 heavy (non-hydrogen) atoms. The van der Waals surface area contributed by atoms with Crippen LogP contribution in [-0.4, -0.2) is 27.6 Å². The largest absolute Gasteiger partial charge is 0.465 e. The molecule has 0 fully saturated rings. The van der Waals surface area contributed by atoms with Crippen LogP contribution in [0.4, 0.5) is 10.5 Å². The van der Waals surface area contributed by atoms with Crippen molar-refractivity contribution in [3.05, 3.63) is 48.2 Å². The van der Waals surface area contributed by atoms with E-state index >= 15 is 0 Å². The Morgan fingerprint density at radius 3 is 2.52 bits per heavy atom. The van der Waals surface area contributed by atoms with E-state index in [9.17, 15) is 9.59 Å². The summed E-state index contributed by atoms with van der Waals surface area (Å²) in [6.45, 7) is 4.99. The lowest BCUT2D eigenvalue weighted by atomic mass is 10.1. The summed E-state index contributed by atoms with van der Waals surface area (Å²) >= 11 is 0. The number of hydrogen-bond acceptors (Lipinski definition) is 4. The van der Waals surface area contributed by atoms with Crippen LogP contribution in [0.25, 0.3) is 0 Å². The van der Waals surface area contributed by atoms with Gasteiger partial charge in [-0.2, -0.15) is 0 Å². The van der Waals surface area contributed by atoms with Gasteiger partial charge in [0, 0.05) is 6.07 Å². The van der Waals surface area contributed by atoms with Gasteiger partial charge in [0.25, 0.3) is 0 Å². The SMILES string of the molecule is CCc1ccccc1Oc1ccc(NC(=O)C(C)(C)NC(=O)O)cn1. The van der Waals surface area contributed by atoms with Crippen LogP contribution in [0.5, 0.6) is 11.6 Å². The van der Waals surface area contributed by atoms with Crippen molar-refractivity contribution >= 4 is 17.7 Å². The number of para-hydroxylation sites is 1. The Bertz CT molecular complexity index is 757. The van der Waals surface area contributed by atoms with E-state index in [1.807, 2.05) is 31.2 Å². The molecule has 1 heterocycles. The van der Waals surface area contributed by atoms with Crippen molar-refractivity contribution in [3.63, 3.8) is 0 Å². The van der Waals surface area contributed by atoms with Crippen LogP contribution >= 0.6 is 0 Å². The van der Waals surface area contributed by atoms with Gasteiger partial charge in [-0.05, 0) is 38.0 Å². The molecule has 0 saturated carbocycles. The van der Waals surface area contributed by atoms with E-state index < -0.39 is 17.5 Å². The van der Waals surface area contributed by atoms with Crippen LogP contribution in [0.3, 0.4) is 0 Å². The highest BCUT2D eigenvalue weighted by Crippen LogP contribution is 2.25. The second-order valence-corrected chi connectivity index (χ2v) is 5.96. The molecule has 0 bridgehead atoms. The third-order valence-electron chi connectivity index (χ3n) is 3.55. The van der Waals surface area contributed by atoms with Gasteiger partial charge in [-0.3, -0.25) is 4.79 Å². The number of nitrogens with one attached hydrogen (secondary N) is 2.